The molecule has 0 aliphatic carbocycles. The Morgan fingerprint density at radius 2 is 1.71 bits per heavy atom. The van der Waals surface area contributed by atoms with Gasteiger partial charge < -0.3 is 4.74 Å². The third-order valence-electron chi connectivity index (χ3n) is 1.93. The minimum atomic E-state index is -3.72. The Morgan fingerprint density at radius 1 is 1.12 bits per heavy atom. The zero-order valence-corrected chi connectivity index (χ0v) is 10.5. The van der Waals surface area contributed by atoms with Crippen LogP contribution in [0, 0.1) is 0 Å². The molecule has 0 N–H and O–H groups in total. The minimum absolute atomic E-state index is 0.0207. The Balaban J connectivity index is 2.92. The van der Waals surface area contributed by atoms with E-state index in [-0.39, 0.29) is 18.1 Å². The number of ether oxygens (including phenoxy) is 1. The molecule has 0 bridgehead atoms. The van der Waals surface area contributed by atoms with Crippen LogP contribution in [0.5, 0.6) is 0 Å². The first kappa shape index (κ1) is 13.7. The average molecular weight is 258 g/mol. The van der Waals surface area contributed by atoms with Crippen molar-refractivity contribution in [3.05, 3.63) is 29.8 Å². The van der Waals surface area contributed by atoms with Gasteiger partial charge in [-0.2, -0.15) is 8.42 Å². The van der Waals surface area contributed by atoms with Gasteiger partial charge in [0.2, 0.25) is 0 Å². The van der Waals surface area contributed by atoms with Crippen LogP contribution >= 0.6 is 0 Å². The molecule has 0 radical (unpaired) electrons. The number of esters is 1. The lowest BCUT2D eigenvalue weighted by Crippen LogP contribution is -2.08. The van der Waals surface area contributed by atoms with Crippen LogP contribution in [0.4, 0.5) is 0 Å². The van der Waals surface area contributed by atoms with Gasteiger partial charge in [-0.05, 0) is 38.1 Å². The summed E-state index contributed by atoms with van der Waals surface area (Å²) in [4.78, 5) is 11.3. The highest BCUT2D eigenvalue weighted by Gasteiger charge is 2.15. The highest BCUT2D eigenvalue weighted by atomic mass is 32.2. The first-order valence-electron chi connectivity index (χ1n) is 5.18. The SMILES string of the molecule is CCOC(=O)c1ccc(S(=O)(=O)OCC)cc1. The summed E-state index contributed by atoms with van der Waals surface area (Å²) in [7, 11) is -3.72. The maximum absolute atomic E-state index is 11.5. The van der Waals surface area contributed by atoms with Crippen LogP contribution in [0.2, 0.25) is 0 Å². The number of hydrogen-bond donors (Lipinski definition) is 0. The Bertz CT molecular complexity index is 475. The predicted molar refractivity (Wildman–Crippen MR) is 61.2 cm³/mol. The van der Waals surface area contributed by atoms with Crippen molar-refractivity contribution in [3.8, 4) is 0 Å². The van der Waals surface area contributed by atoms with E-state index in [9.17, 15) is 13.2 Å². The van der Waals surface area contributed by atoms with Gasteiger partial charge in [0.05, 0.1) is 23.7 Å². The highest BCUT2D eigenvalue weighted by Crippen LogP contribution is 2.13. The maximum atomic E-state index is 11.5. The third kappa shape index (κ3) is 3.54. The van der Waals surface area contributed by atoms with Crippen LogP contribution < -0.4 is 0 Å². The fourth-order valence-corrected chi connectivity index (χ4v) is 2.11. The Labute approximate surface area is 100 Å². The zero-order valence-electron chi connectivity index (χ0n) is 9.67. The van der Waals surface area contributed by atoms with E-state index in [1.54, 1.807) is 13.8 Å². The van der Waals surface area contributed by atoms with Crippen molar-refractivity contribution in [3.63, 3.8) is 0 Å². The standard InChI is InChI=1S/C11H14O5S/c1-3-15-11(12)9-5-7-10(8-6-9)17(13,14)16-4-2/h5-8H,3-4H2,1-2H3. The second-order valence-electron chi connectivity index (χ2n) is 3.11. The Morgan fingerprint density at radius 3 is 2.18 bits per heavy atom. The van der Waals surface area contributed by atoms with Crippen molar-refractivity contribution in [2.24, 2.45) is 0 Å². The lowest BCUT2D eigenvalue weighted by atomic mass is 10.2. The van der Waals surface area contributed by atoms with Gasteiger partial charge in [-0.15, -0.1) is 0 Å². The van der Waals surface area contributed by atoms with E-state index in [0.29, 0.717) is 5.56 Å². The monoisotopic (exact) mass is 258 g/mol. The van der Waals surface area contributed by atoms with E-state index in [1.807, 2.05) is 0 Å². The Hall–Kier alpha value is -1.40. The normalized spacial score (nSPS) is 11.2. The van der Waals surface area contributed by atoms with Crippen molar-refractivity contribution >= 4 is 16.1 Å². The molecule has 0 aliphatic rings. The molecule has 0 atom stereocenters. The van der Waals surface area contributed by atoms with E-state index in [0.717, 1.165) is 0 Å². The number of rotatable bonds is 5. The van der Waals surface area contributed by atoms with Crippen molar-refractivity contribution in [2.45, 2.75) is 18.7 Å². The molecule has 5 nitrogen and oxygen atoms in total. The van der Waals surface area contributed by atoms with Crippen molar-refractivity contribution in [1.82, 2.24) is 0 Å². The average Bonchev–Trinajstić information content (AvgIpc) is 2.29. The molecule has 1 aromatic carbocycles. The molecule has 94 valence electrons. The number of carbonyl (C=O) groups excluding carboxylic acids is 1. The maximum Gasteiger partial charge on any atom is 0.338 e. The van der Waals surface area contributed by atoms with Gasteiger partial charge in [0.25, 0.3) is 10.1 Å². The predicted octanol–water partition coefficient (Wildman–Crippen LogP) is 1.59. The number of hydrogen-bond acceptors (Lipinski definition) is 5. The van der Waals surface area contributed by atoms with Crippen LogP contribution in [-0.4, -0.2) is 27.6 Å². The summed E-state index contributed by atoms with van der Waals surface area (Å²) in [5, 5.41) is 0. The van der Waals surface area contributed by atoms with Gasteiger partial charge in [0.15, 0.2) is 0 Å². The van der Waals surface area contributed by atoms with Gasteiger partial charge >= 0.3 is 5.97 Å². The molecule has 0 aliphatic heterocycles. The molecule has 1 rings (SSSR count). The lowest BCUT2D eigenvalue weighted by molar-refractivity contribution is 0.0526. The van der Waals surface area contributed by atoms with E-state index in [1.165, 1.54) is 24.3 Å². The summed E-state index contributed by atoms with van der Waals surface area (Å²) in [6.07, 6.45) is 0. The minimum Gasteiger partial charge on any atom is -0.462 e. The number of carbonyl (C=O) groups is 1. The van der Waals surface area contributed by atoms with E-state index in [2.05, 4.69) is 4.18 Å². The molecule has 0 spiro atoms. The summed E-state index contributed by atoms with van der Waals surface area (Å²) in [5.41, 5.74) is 0.308. The van der Waals surface area contributed by atoms with Crippen LogP contribution in [0.1, 0.15) is 24.2 Å². The zero-order chi connectivity index (χ0) is 12.9. The molecule has 17 heavy (non-hydrogen) atoms. The molecule has 0 saturated carbocycles. The smallest absolute Gasteiger partial charge is 0.338 e. The van der Waals surface area contributed by atoms with Gasteiger partial charge in [0.1, 0.15) is 0 Å². The fraction of sp³-hybridized carbons (Fsp3) is 0.364. The lowest BCUT2D eigenvalue weighted by Gasteiger charge is -2.04. The summed E-state index contributed by atoms with van der Waals surface area (Å²) < 4.78 is 32.4. The molecule has 1 aromatic rings. The van der Waals surface area contributed by atoms with Crippen LogP contribution in [-0.2, 0) is 19.0 Å². The quantitative estimate of drug-likeness (QED) is 0.592. The summed E-state index contributed by atoms with van der Waals surface area (Å²) in [6.45, 7) is 3.64. The van der Waals surface area contributed by atoms with Gasteiger partial charge in [-0.25, -0.2) is 4.79 Å². The summed E-state index contributed by atoms with van der Waals surface area (Å²) >= 11 is 0. The second kappa shape index (κ2) is 5.79. The van der Waals surface area contributed by atoms with Crippen LogP contribution in [0.3, 0.4) is 0 Å². The first-order valence-corrected chi connectivity index (χ1v) is 6.58. The molecule has 0 saturated heterocycles. The molecule has 0 aromatic heterocycles. The van der Waals surface area contributed by atoms with E-state index in [4.69, 9.17) is 4.74 Å². The van der Waals surface area contributed by atoms with Crippen molar-refractivity contribution in [2.75, 3.05) is 13.2 Å². The van der Waals surface area contributed by atoms with Crippen molar-refractivity contribution in [1.29, 1.82) is 0 Å². The van der Waals surface area contributed by atoms with Gasteiger partial charge in [0, 0.05) is 0 Å². The summed E-state index contributed by atoms with van der Waals surface area (Å²) in [6, 6.07) is 5.42. The molecule has 0 heterocycles. The molecule has 0 unspecified atom stereocenters. The fourth-order valence-electron chi connectivity index (χ4n) is 1.20. The summed E-state index contributed by atoms with van der Waals surface area (Å²) in [5.74, 6) is -0.479. The molecule has 0 amide bonds. The second-order valence-corrected chi connectivity index (χ2v) is 4.72. The molecule has 0 fully saturated rings. The largest absolute Gasteiger partial charge is 0.462 e. The molecular weight excluding hydrogens is 244 g/mol. The highest BCUT2D eigenvalue weighted by molar-refractivity contribution is 7.86. The molecule has 6 heteroatoms. The Kier molecular flexibility index (Phi) is 4.65. The van der Waals surface area contributed by atoms with Crippen molar-refractivity contribution < 1.29 is 22.1 Å². The first-order chi connectivity index (χ1) is 8.01. The molecular formula is C11H14O5S. The van der Waals surface area contributed by atoms with Crippen LogP contribution in [0.15, 0.2) is 29.2 Å². The third-order valence-corrected chi connectivity index (χ3v) is 3.32. The van der Waals surface area contributed by atoms with Crippen LogP contribution in [0.25, 0.3) is 0 Å². The van der Waals surface area contributed by atoms with E-state index >= 15 is 0 Å². The topological polar surface area (TPSA) is 69.7 Å². The number of benzene rings is 1. The van der Waals surface area contributed by atoms with E-state index < -0.39 is 16.1 Å². The van der Waals surface area contributed by atoms with Gasteiger partial charge in [-0.1, -0.05) is 0 Å². The van der Waals surface area contributed by atoms with Gasteiger partial charge in [-0.3, -0.25) is 4.18 Å².